The predicted molar refractivity (Wildman–Crippen MR) is 127 cm³/mol. The molecule has 0 saturated carbocycles. The van der Waals surface area contributed by atoms with Crippen LogP contribution < -0.4 is 10.6 Å². The minimum Gasteiger partial charge on any atom is -0.380 e. The molecule has 3 rings (SSSR count). The molecular formula is C27H33FN2O4. The second kappa shape index (κ2) is 10.9. The van der Waals surface area contributed by atoms with E-state index >= 15 is 0 Å². The molecule has 2 aromatic rings. The van der Waals surface area contributed by atoms with Gasteiger partial charge >= 0.3 is 0 Å². The number of ether oxygens (including phenoxy) is 1. The molecule has 2 N–H and O–H groups in total. The van der Waals surface area contributed by atoms with Crippen LogP contribution in [0.1, 0.15) is 55.5 Å². The fourth-order valence-corrected chi connectivity index (χ4v) is 4.09. The number of hydrogen-bond donors (Lipinski definition) is 2. The van der Waals surface area contributed by atoms with E-state index in [4.69, 9.17) is 4.74 Å². The van der Waals surface area contributed by atoms with Gasteiger partial charge < -0.3 is 15.4 Å². The van der Waals surface area contributed by atoms with E-state index in [0.29, 0.717) is 29.7 Å². The Kier molecular flexibility index (Phi) is 8.20. The van der Waals surface area contributed by atoms with E-state index in [9.17, 15) is 18.8 Å². The average molecular weight is 469 g/mol. The van der Waals surface area contributed by atoms with Crippen LogP contribution in [0.2, 0.25) is 0 Å². The van der Waals surface area contributed by atoms with E-state index in [1.165, 1.54) is 6.07 Å². The van der Waals surface area contributed by atoms with Gasteiger partial charge in [-0.05, 0) is 40.2 Å². The molecule has 0 aromatic heterocycles. The third-order valence-corrected chi connectivity index (χ3v) is 5.80. The first-order valence-corrected chi connectivity index (χ1v) is 11.5. The summed E-state index contributed by atoms with van der Waals surface area (Å²) in [5.41, 5.74) is 2.67. The smallest absolute Gasteiger partial charge is 0.226 e. The van der Waals surface area contributed by atoms with Crippen LogP contribution in [-0.4, -0.2) is 31.3 Å². The zero-order valence-corrected chi connectivity index (χ0v) is 20.2. The molecule has 0 spiro atoms. The lowest BCUT2D eigenvalue weighted by Crippen LogP contribution is -2.39. The lowest BCUT2D eigenvalue weighted by atomic mass is 9.87. The van der Waals surface area contributed by atoms with Crippen molar-refractivity contribution in [3.05, 3.63) is 70.5 Å². The third kappa shape index (κ3) is 6.97. The Morgan fingerprint density at radius 1 is 1.15 bits per heavy atom. The molecule has 6 nitrogen and oxygen atoms in total. The van der Waals surface area contributed by atoms with E-state index in [0.717, 1.165) is 5.56 Å². The second-order valence-corrected chi connectivity index (χ2v) is 10.1. The number of methoxy groups -OCH3 is 1. The minimum atomic E-state index is -0.905. The van der Waals surface area contributed by atoms with Crippen LogP contribution >= 0.6 is 0 Å². The number of rotatable bonds is 9. The molecule has 1 saturated heterocycles. The van der Waals surface area contributed by atoms with Crippen LogP contribution in [0.5, 0.6) is 0 Å². The quantitative estimate of drug-likeness (QED) is 0.588. The molecule has 0 unspecified atom stereocenters. The molecular weight excluding hydrogens is 435 g/mol. The predicted octanol–water partition coefficient (Wildman–Crippen LogP) is 3.67. The molecule has 182 valence electrons. The summed E-state index contributed by atoms with van der Waals surface area (Å²) >= 11 is 0. The van der Waals surface area contributed by atoms with Gasteiger partial charge in [-0.25, -0.2) is 4.39 Å². The number of Topliss-reactive ketones (excluding diaryl/α,β-unsaturated/α-hetero) is 1. The maximum Gasteiger partial charge on any atom is 0.226 e. The monoisotopic (exact) mass is 468 g/mol. The van der Waals surface area contributed by atoms with Gasteiger partial charge in [-0.15, -0.1) is 0 Å². The summed E-state index contributed by atoms with van der Waals surface area (Å²) in [6.07, 6.45) is 0.660. The number of amides is 2. The van der Waals surface area contributed by atoms with Crippen molar-refractivity contribution in [2.75, 3.05) is 13.7 Å². The Bertz CT molecular complexity index is 1040. The van der Waals surface area contributed by atoms with Gasteiger partial charge in [-0.1, -0.05) is 57.2 Å². The zero-order chi connectivity index (χ0) is 24.9. The van der Waals surface area contributed by atoms with Crippen molar-refractivity contribution in [2.24, 2.45) is 11.3 Å². The fourth-order valence-electron chi connectivity index (χ4n) is 4.09. The van der Waals surface area contributed by atoms with E-state index in [2.05, 4.69) is 10.6 Å². The van der Waals surface area contributed by atoms with Crippen molar-refractivity contribution < 1.29 is 23.5 Å². The van der Waals surface area contributed by atoms with Gasteiger partial charge in [0.15, 0.2) is 5.78 Å². The topological polar surface area (TPSA) is 84.5 Å². The Balaban J connectivity index is 1.80. The summed E-state index contributed by atoms with van der Waals surface area (Å²) in [5.74, 6) is -1.65. The first-order valence-electron chi connectivity index (χ1n) is 11.5. The molecule has 34 heavy (non-hydrogen) atoms. The summed E-state index contributed by atoms with van der Waals surface area (Å²) in [6, 6.07) is 11.2. The normalized spacial score (nSPS) is 16.7. The number of benzene rings is 2. The van der Waals surface area contributed by atoms with Gasteiger partial charge in [0.2, 0.25) is 11.8 Å². The summed E-state index contributed by atoms with van der Waals surface area (Å²) in [5, 5.41) is 5.46. The molecule has 0 radical (unpaired) electrons. The fraction of sp³-hybridized carbons (Fsp3) is 0.444. The van der Waals surface area contributed by atoms with Crippen LogP contribution in [-0.2, 0) is 38.6 Å². The number of carbonyl (C=O) groups is 3. The summed E-state index contributed by atoms with van der Waals surface area (Å²) in [6.45, 7) is 6.81. The Morgan fingerprint density at radius 3 is 2.38 bits per heavy atom. The van der Waals surface area contributed by atoms with E-state index in [1.807, 2.05) is 32.9 Å². The molecule has 2 amide bonds. The molecule has 1 fully saturated rings. The van der Waals surface area contributed by atoms with Gasteiger partial charge in [-0.2, -0.15) is 0 Å². The number of nitrogens with one attached hydrogen (secondary N) is 2. The first kappa shape index (κ1) is 25.6. The van der Waals surface area contributed by atoms with Gasteiger partial charge in [0, 0.05) is 26.5 Å². The zero-order valence-electron chi connectivity index (χ0n) is 20.2. The molecule has 7 heteroatoms. The Labute approximate surface area is 200 Å². The van der Waals surface area contributed by atoms with Crippen molar-refractivity contribution >= 4 is 17.6 Å². The van der Waals surface area contributed by atoms with Crippen LogP contribution in [0.15, 0.2) is 42.5 Å². The van der Waals surface area contributed by atoms with E-state index < -0.39 is 12.0 Å². The van der Waals surface area contributed by atoms with E-state index in [1.54, 1.807) is 31.4 Å². The van der Waals surface area contributed by atoms with Gasteiger partial charge in [0.05, 0.1) is 12.5 Å². The number of halogens is 1. The minimum absolute atomic E-state index is 0.0284. The van der Waals surface area contributed by atoms with Crippen LogP contribution in [0.4, 0.5) is 4.39 Å². The van der Waals surface area contributed by atoms with Crippen molar-refractivity contribution in [1.82, 2.24) is 10.6 Å². The van der Waals surface area contributed by atoms with Crippen LogP contribution in [0, 0.1) is 17.2 Å². The second-order valence-electron chi connectivity index (χ2n) is 10.1. The van der Waals surface area contributed by atoms with Crippen molar-refractivity contribution in [1.29, 1.82) is 0 Å². The van der Waals surface area contributed by atoms with Crippen LogP contribution in [0.3, 0.4) is 0 Å². The maximum absolute atomic E-state index is 14.7. The standard InChI is InChI=1S/C27H33FN2O4/c1-27(2,3)14-20-10-7-18(11-22(20)28)12-23(31)25(19-8-5-17(6-9-19)16-34-4)30-26(33)21-13-24(32)29-15-21/h5-11,21,25H,12-16H2,1-4H3,(H,29,32)(H,30,33)/t21-,25-/m1/s1. The molecule has 0 aliphatic carbocycles. The highest BCUT2D eigenvalue weighted by Crippen LogP contribution is 2.24. The van der Waals surface area contributed by atoms with Crippen molar-refractivity contribution in [2.45, 2.75) is 52.7 Å². The maximum atomic E-state index is 14.7. The van der Waals surface area contributed by atoms with Gasteiger partial charge in [-0.3, -0.25) is 14.4 Å². The highest BCUT2D eigenvalue weighted by molar-refractivity contribution is 5.94. The highest BCUT2D eigenvalue weighted by atomic mass is 19.1. The molecule has 2 aromatic carbocycles. The molecule has 1 heterocycles. The number of hydrogen-bond acceptors (Lipinski definition) is 4. The Morgan fingerprint density at radius 2 is 1.82 bits per heavy atom. The number of carbonyl (C=O) groups excluding carboxylic acids is 3. The SMILES string of the molecule is COCc1ccc([C@@H](NC(=O)[C@H]2CNC(=O)C2)C(=O)Cc2ccc(CC(C)(C)C)c(F)c2)cc1. The lowest BCUT2D eigenvalue weighted by Gasteiger charge is -2.21. The molecule has 0 bridgehead atoms. The third-order valence-electron chi connectivity index (χ3n) is 5.80. The van der Waals surface area contributed by atoms with Crippen LogP contribution in [0.25, 0.3) is 0 Å². The van der Waals surface area contributed by atoms with Crippen molar-refractivity contribution in [3.8, 4) is 0 Å². The average Bonchev–Trinajstić information content (AvgIpc) is 3.20. The lowest BCUT2D eigenvalue weighted by molar-refractivity contribution is -0.130. The van der Waals surface area contributed by atoms with Gasteiger partial charge in [0.25, 0.3) is 0 Å². The summed E-state index contributed by atoms with van der Waals surface area (Å²) in [4.78, 5) is 37.6. The summed E-state index contributed by atoms with van der Waals surface area (Å²) in [7, 11) is 1.60. The molecule has 2 atom stereocenters. The van der Waals surface area contributed by atoms with Gasteiger partial charge in [0.1, 0.15) is 11.9 Å². The van der Waals surface area contributed by atoms with E-state index in [-0.39, 0.29) is 48.2 Å². The summed E-state index contributed by atoms with van der Waals surface area (Å²) < 4.78 is 19.8. The largest absolute Gasteiger partial charge is 0.380 e. The number of ketones is 1. The first-order chi connectivity index (χ1) is 16.1. The van der Waals surface area contributed by atoms with Crippen molar-refractivity contribution in [3.63, 3.8) is 0 Å². The molecule has 1 aliphatic rings. The molecule has 1 aliphatic heterocycles. The Hall–Kier alpha value is -3.06. The highest BCUT2D eigenvalue weighted by Gasteiger charge is 2.31.